The van der Waals surface area contributed by atoms with Gasteiger partial charge in [-0.15, -0.1) is 0 Å². The zero-order valence-electron chi connectivity index (χ0n) is 12.9. The van der Waals surface area contributed by atoms with Crippen LogP contribution in [-0.2, 0) is 14.3 Å². The van der Waals surface area contributed by atoms with E-state index < -0.39 is 23.8 Å². The second-order valence-corrected chi connectivity index (χ2v) is 5.02. The van der Waals surface area contributed by atoms with Gasteiger partial charge >= 0.3 is 12.1 Å². The minimum absolute atomic E-state index is 0.145. The van der Waals surface area contributed by atoms with Crippen LogP contribution in [0.15, 0.2) is 35.6 Å². The Labute approximate surface area is 127 Å². The Morgan fingerprint density at radius 3 is 2.50 bits per heavy atom. The van der Waals surface area contributed by atoms with E-state index in [9.17, 15) is 18.0 Å². The SMILES string of the molecule is C=C/C(=C\C(=C(C)C)N1CCOC(C(=O)OC)C1)C(F)(F)F. The van der Waals surface area contributed by atoms with Gasteiger partial charge in [0, 0.05) is 12.2 Å². The first-order valence-electron chi connectivity index (χ1n) is 6.74. The molecule has 0 N–H and O–H groups in total. The highest BCUT2D eigenvalue weighted by Gasteiger charge is 2.33. The summed E-state index contributed by atoms with van der Waals surface area (Å²) in [5, 5.41) is 0. The third-order valence-corrected chi connectivity index (χ3v) is 3.22. The van der Waals surface area contributed by atoms with Gasteiger partial charge in [0.1, 0.15) is 0 Å². The van der Waals surface area contributed by atoms with Crippen LogP contribution >= 0.6 is 0 Å². The lowest BCUT2D eigenvalue weighted by atomic mass is 10.1. The number of carbonyl (C=O) groups is 1. The maximum absolute atomic E-state index is 12.9. The van der Waals surface area contributed by atoms with Gasteiger partial charge in [-0.25, -0.2) is 4.79 Å². The molecule has 1 saturated heterocycles. The van der Waals surface area contributed by atoms with Crippen LogP contribution in [0.3, 0.4) is 0 Å². The lowest BCUT2D eigenvalue weighted by molar-refractivity contribution is -0.158. The van der Waals surface area contributed by atoms with Gasteiger partial charge in [0.05, 0.1) is 25.8 Å². The highest BCUT2D eigenvalue weighted by atomic mass is 19.4. The molecule has 1 fully saturated rings. The quantitative estimate of drug-likeness (QED) is 0.590. The first-order chi connectivity index (χ1) is 10.2. The first kappa shape index (κ1) is 18.3. The van der Waals surface area contributed by atoms with E-state index in [4.69, 9.17) is 4.74 Å². The molecule has 1 rings (SSSR count). The number of halogens is 3. The number of morpholine rings is 1. The van der Waals surface area contributed by atoms with Crippen molar-refractivity contribution < 1.29 is 27.4 Å². The highest BCUT2D eigenvalue weighted by molar-refractivity contribution is 5.75. The van der Waals surface area contributed by atoms with E-state index in [1.165, 1.54) is 7.11 Å². The second-order valence-electron chi connectivity index (χ2n) is 5.02. The van der Waals surface area contributed by atoms with Gasteiger partial charge < -0.3 is 14.4 Å². The van der Waals surface area contributed by atoms with E-state index in [2.05, 4.69) is 11.3 Å². The maximum atomic E-state index is 12.9. The fourth-order valence-electron chi connectivity index (χ4n) is 2.10. The molecular formula is C15H20F3NO3. The Hall–Kier alpha value is -1.76. The Bertz CT molecular complexity index is 491. The largest absolute Gasteiger partial charge is 0.467 e. The van der Waals surface area contributed by atoms with E-state index in [1.807, 2.05) is 0 Å². The van der Waals surface area contributed by atoms with E-state index >= 15 is 0 Å². The van der Waals surface area contributed by atoms with Crippen LogP contribution in [-0.4, -0.2) is 50.0 Å². The highest BCUT2D eigenvalue weighted by Crippen LogP contribution is 2.29. The summed E-state index contributed by atoms with van der Waals surface area (Å²) in [6, 6.07) is 0. The average molecular weight is 319 g/mol. The smallest absolute Gasteiger partial charge is 0.416 e. The van der Waals surface area contributed by atoms with Crippen molar-refractivity contribution in [1.82, 2.24) is 4.90 Å². The maximum Gasteiger partial charge on any atom is 0.416 e. The number of allylic oxidation sites excluding steroid dienone is 4. The monoisotopic (exact) mass is 319 g/mol. The standard InChI is InChI=1S/C15H20F3NO3/c1-5-11(15(16,17)18)8-12(10(2)3)19-6-7-22-13(9-19)14(20)21-4/h5,8,13H,1,6-7,9H2,2-4H3/b11-8+. The Morgan fingerprint density at radius 1 is 1.41 bits per heavy atom. The normalized spacial score (nSPS) is 19.6. The summed E-state index contributed by atoms with van der Waals surface area (Å²) in [4.78, 5) is 13.2. The van der Waals surface area contributed by atoms with Crippen molar-refractivity contribution in [3.63, 3.8) is 0 Å². The van der Waals surface area contributed by atoms with Crippen molar-refractivity contribution in [2.24, 2.45) is 0 Å². The number of hydrogen-bond donors (Lipinski definition) is 0. The zero-order valence-corrected chi connectivity index (χ0v) is 12.9. The van der Waals surface area contributed by atoms with Gasteiger partial charge in [-0.2, -0.15) is 13.2 Å². The third kappa shape index (κ3) is 4.62. The van der Waals surface area contributed by atoms with Crippen molar-refractivity contribution >= 4 is 5.97 Å². The number of esters is 1. The Balaban J connectivity index is 3.07. The molecule has 1 atom stereocenters. The van der Waals surface area contributed by atoms with Gasteiger partial charge in [-0.1, -0.05) is 18.2 Å². The molecule has 1 heterocycles. The van der Waals surface area contributed by atoms with Crippen LogP contribution in [0.1, 0.15) is 13.8 Å². The van der Waals surface area contributed by atoms with Gasteiger partial charge in [0.15, 0.2) is 6.10 Å². The summed E-state index contributed by atoms with van der Waals surface area (Å²) in [6.45, 7) is 7.42. The van der Waals surface area contributed by atoms with Crippen molar-refractivity contribution in [1.29, 1.82) is 0 Å². The molecule has 1 aliphatic rings. The number of methoxy groups -OCH3 is 1. The van der Waals surface area contributed by atoms with Crippen molar-refractivity contribution in [3.8, 4) is 0 Å². The number of carbonyl (C=O) groups excluding carboxylic acids is 1. The van der Waals surface area contributed by atoms with Crippen LogP contribution in [0.5, 0.6) is 0 Å². The molecule has 0 spiro atoms. The Kier molecular flexibility index (Phi) is 6.22. The molecule has 124 valence electrons. The van der Waals surface area contributed by atoms with Gasteiger partial charge in [-0.3, -0.25) is 0 Å². The molecule has 0 radical (unpaired) electrons. The minimum atomic E-state index is -4.48. The summed E-state index contributed by atoms with van der Waals surface area (Å²) in [7, 11) is 1.24. The molecular weight excluding hydrogens is 299 g/mol. The number of nitrogens with zero attached hydrogens (tertiary/aromatic N) is 1. The zero-order chi connectivity index (χ0) is 16.9. The van der Waals surface area contributed by atoms with Crippen LogP contribution in [0, 0.1) is 0 Å². The molecule has 0 saturated carbocycles. The van der Waals surface area contributed by atoms with Crippen molar-refractivity contribution in [2.45, 2.75) is 26.1 Å². The van der Waals surface area contributed by atoms with E-state index in [0.717, 1.165) is 12.2 Å². The van der Waals surface area contributed by atoms with E-state index in [-0.39, 0.29) is 13.2 Å². The average Bonchev–Trinajstić information content (AvgIpc) is 2.45. The summed E-state index contributed by atoms with van der Waals surface area (Å²) < 4.78 is 48.6. The molecule has 1 unspecified atom stereocenters. The molecule has 22 heavy (non-hydrogen) atoms. The molecule has 0 aromatic rings. The second kappa shape index (κ2) is 7.49. The van der Waals surface area contributed by atoms with Gasteiger partial charge in [0.25, 0.3) is 0 Å². The number of hydrogen-bond acceptors (Lipinski definition) is 4. The molecule has 1 aliphatic heterocycles. The van der Waals surface area contributed by atoms with E-state index in [1.54, 1.807) is 18.7 Å². The molecule has 0 aromatic carbocycles. The molecule has 7 heteroatoms. The Morgan fingerprint density at radius 2 is 2.05 bits per heavy atom. The lowest BCUT2D eigenvalue weighted by Gasteiger charge is -2.34. The molecule has 0 bridgehead atoms. The summed E-state index contributed by atoms with van der Waals surface area (Å²) in [6.07, 6.45) is -3.46. The van der Waals surface area contributed by atoms with Crippen molar-refractivity contribution in [3.05, 3.63) is 35.6 Å². The molecule has 0 amide bonds. The fraction of sp³-hybridized carbons (Fsp3) is 0.533. The number of rotatable bonds is 4. The summed E-state index contributed by atoms with van der Waals surface area (Å²) in [5.74, 6) is -0.540. The third-order valence-electron chi connectivity index (χ3n) is 3.22. The fourth-order valence-corrected chi connectivity index (χ4v) is 2.10. The van der Waals surface area contributed by atoms with Gasteiger partial charge in [0.2, 0.25) is 0 Å². The number of ether oxygens (including phenoxy) is 2. The van der Waals surface area contributed by atoms with Crippen LogP contribution in [0.2, 0.25) is 0 Å². The lowest BCUT2D eigenvalue weighted by Crippen LogP contribution is -2.46. The van der Waals surface area contributed by atoms with Crippen LogP contribution in [0.4, 0.5) is 13.2 Å². The van der Waals surface area contributed by atoms with E-state index in [0.29, 0.717) is 17.8 Å². The van der Waals surface area contributed by atoms with Crippen LogP contribution < -0.4 is 0 Å². The summed E-state index contributed by atoms with van der Waals surface area (Å²) >= 11 is 0. The van der Waals surface area contributed by atoms with Gasteiger partial charge in [-0.05, 0) is 19.9 Å². The van der Waals surface area contributed by atoms with Crippen LogP contribution in [0.25, 0.3) is 0 Å². The summed E-state index contributed by atoms with van der Waals surface area (Å²) in [5.41, 5.74) is 0.281. The molecule has 4 nitrogen and oxygen atoms in total. The predicted octanol–water partition coefficient (Wildman–Crippen LogP) is 2.83. The predicted molar refractivity (Wildman–Crippen MR) is 76.0 cm³/mol. The topological polar surface area (TPSA) is 38.8 Å². The van der Waals surface area contributed by atoms with Crippen molar-refractivity contribution in [2.75, 3.05) is 26.8 Å². The first-order valence-corrected chi connectivity index (χ1v) is 6.74. The molecule has 0 aliphatic carbocycles. The molecule has 0 aromatic heterocycles. The minimum Gasteiger partial charge on any atom is -0.467 e. The number of alkyl halides is 3.